The summed E-state index contributed by atoms with van der Waals surface area (Å²) in [4.78, 5) is 10.6. The van der Waals surface area contributed by atoms with Gasteiger partial charge >= 0.3 is 5.97 Å². The van der Waals surface area contributed by atoms with Gasteiger partial charge in [0.25, 0.3) is 0 Å². The van der Waals surface area contributed by atoms with E-state index in [9.17, 15) is 4.79 Å². The van der Waals surface area contributed by atoms with E-state index in [1.54, 1.807) is 0 Å². The van der Waals surface area contributed by atoms with Gasteiger partial charge in [0.1, 0.15) is 0 Å². The van der Waals surface area contributed by atoms with Gasteiger partial charge in [-0.2, -0.15) is 0 Å². The lowest BCUT2D eigenvalue weighted by Crippen LogP contribution is -2.19. The average Bonchev–Trinajstić information content (AvgIpc) is 2.07. The van der Waals surface area contributed by atoms with Crippen LogP contribution in [0.25, 0.3) is 0 Å². The molecule has 0 saturated carbocycles. The molecule has 0 saturated heterocycles. The van der Waals surface area contributed by atoms with Crippen LogP contribution >= 0.6 is 0 Å². The van der Waals surface area contributed by atoms with Crippen molar-refractivity contribution >= 4 is 5.97 Å². The Bertz CT molecular complexity index is 121. The molecule has 3 nitrogen and oxygen atoms in total. The molecular weight excluding hydrogens is 168 g/mol. The Morgan fingerprint density at radius 2 is 1.77 bits per heavy atom. The number of rotatable bonds is 5. The van der Waals surface area contributed by atoms with Crippen LogP contribution in [0.3, 0.4) is 0 Å². The van der Waals surface area contributed by atoms with Gasteiger partial charge in [0.05, 0.1) is 5.92 Å². The monoisotopic (exact) mass is 190 g/mol. The Morgan fingerprint density at radius 1 is 1.31 bits per heavy atom. The molecule has 0 spiro atoms. The molecule has 0 bridgehead atoms. The summed E-state index contributed by atoms with van der Waals surface area (Å²) in [6.07, 6.45) is 2.93. The number of carbonyl (C=O) groups is 1. The number of hydrogen-bond acceptors (Lipinski definition) is 2. The van der Waals surface area contributed by atoms with Crippen LogP contribution in [0, 0.1) is 11.8 Å². The molecule has 0 aliphatic rings. The number of aliphatic carboxylic acids is 1. The summed E-state index contributed by atoms with van der Waals surface area (Å²) in [6, 6.07) is 0. The summed E-state index contributed by atoms with van der Waals surface area (Å²) in [5.74, 6) is -0.526. The third-order valence-electron chi connectivity index (χ3n) is 1.99. The van der Waals surface area contributed by atoms with E-state index in [1.165, 1.54) is 0 Å². The van der Waals surface area contributed by atoms with Gasteiger partial charge in [-0.15, -0.1) is 0 Å². The molecule has 0 aromatic heterocycles. The molecule has 0 aromatic rings. The Hall–Kier alpha value is -0.570. The fraction of sp³-hybridized carbons (Fsp3) is 0.900. The maximum Gasteiger partial charge on any atom is 0.306 e. The number of aliphatic hydroxyl groups is 1. The minimum Gasteiger partial charge on any atom is -0.481 e. The van der Waals surface area contributed by atoms with Crippen molar-refractivity contribution in [3.05, 3.63) is 0 Å². The SMILES string of the molecule is CCCC[C@@H](C(=O)O)C(C)C.CO. The Kier molecular flexibility index (Phi) is 10.9. The average molecular weight is 190 g/mol. The summed E-state index contributed by atoms with van der Waals surface area (Å²) in [6.45, 7) is 6.02. The maximum atomic E-state index is 10.6. The van der Waals surface area contributed by atoms with Crippen LogP contribution in [-0.4, -0.2) is 23.3 Å². The predicted octanol–water partition coefficient (Wildman–Crippen LogP) is 2.14. The fourth-order valence-corrected chi connectivity index (χ4v) is 1.17. The highest BCUT2D eigenvalue weighted by Gasteiger charge is 2.19. The van der Waals surface area contributed by atoms with E-state index in [0.29, 0.717) is 0 Å². The molecule has 80 valence electrons. The van der Waals surface area contributed by atoms with Gasteiger partial charge in [-0.1, -0.05) is 33.6 Å². The van der Waals surface area contributed by atoms with Crippen LogP contribution in [-0.2, 0) is 4.79 Å². The molecule has 3 heteroatoms. The topological polar surface area (TPSA) is 57.5 Å². The molecule has 0 unspecified atom stereocenters. The van der Waals surface area contributed by atoms with E-state index < -0.39 is 5.97 Å². The quantitative estimate of drug-likeness (QED) is 0.698. The zero-order valence-electron chi connectivity index (χ0n) is 9.08. The van der Waals surface area contributed by atoms with Crippen molar-refractivity contribution in [2.45, 2.75) is 40.0 Å². The largest absolute Gasteiger partial charge is 0.481 e. The highest BCUT2D eigenvalue weighted by atomic mass is 16.4. The summed E-state index contributed by atoms with van der Waals surface area (Å²) >= 11 is 0. The molecular formula is C10H22O3. The zero-order chi connectivity index (χ0) is 10.9. The number of unbranched alkanes of at least 4 members (excludes halogenated alkanes) is 1. The molecule has 1 atom stereocenters. The first-order valence-electron chi connectivity index (χ1n) is 4.77. The highest BCUT2D eigenvalue weighted by molar-refractivity contribution is 5.70. The van der Waals surface area contributed by atoms with Crippen LogP contribution in [0.15, 0.2) is 0 Å². The third kappa shape index (κ3) is 7.78. The van der Waals surface area contributed by atoms with Crippen molar-refractivity contribution < 1.29 is 15.0 Å². The van der Waals surface area contributed by atoms with Gasteiger partial charge in [-0.25, -0.2) is 0 Å². The third-order valence-corrected chi connectivity index (χ3v) is 1.99. The second-order valence-electron chi connectivity index (χ2n) is 3.33. The van der Waals surface area contributed by atoms with Crippen molar-refractivity contribution in [1.29, 1.82) is 0 Å². The lowest BCUT2D eigenvalue weighted by Gasteiger charge is -2.14. The summed E-state index contributed by atoms with van der Waals surface area (Å²) < 4.78 is 0. The molecule has 0 radical (unpaired) electrons. The van der Waals surface area contributed by atoms with E-state index in [2.05, 4.69) is 6.92 Å². The van der Waals surface area contributed by atoms with Crippen molar-refractivity contribution in [2.24, 2.45) is 11.8 Å². The van der Waals surface area contributed by atoms with Crippen LogP contribution < -0.4 is 0 Å². The molecule has 0 aliphatic carbocycles. The second-order valence-corrected chi connectivity index (χ2v) is 3.33. The van der Waals surface area contributed by atoms with Crippen molar-refractivity contribution in [2.75, 3.05) is 7.11 Å². The van der Waals surface area contributed by atoms with Gasteiger partial charge in [0.15, 0.2) is 0 Å². The van der Waals surface area contributed by atoms with Crippen LogP contribution in [0.5, 0.6) is 0 Å². The first-order chi connectivity index (χ1) is 6.09. The molecule has 0 amide bonds. The van der Waals surface area contributed by atoms with Gasteiger partial charge < -0.3 is 10.2 Å². The zero-order valence-corrected chi connectivity index (χ0v) is 9.08. The van der Waals surface area contributed by atoms with Crippen LogP contribution in [0.1, 0.15) is 40.0 Å². The summed E-state index contributed by atoms with van der Waals surface area (Å²) in [5, 5.41) is 15.8. The van der Waals surface area contributed by atoms with E-state index in [0.717, 1.165) is 26.4 Å². The van der Waals surface area contributed by atoms with E-state index >= 15 is 0 Å². The van der Waals surface area contributed by atoms with Crippen LogP contribution in [0.2, 0.25) is 0 Å². The van der Waals surface area contributed by atoms with Crippen molar-refractivity contribution in [3.8, 4) is 0 Å². The normalized spacial score (nSPS) is 11.8. The highest BCUT2D eigenvalue weighted by Crippen LogP contribution is 2.17. The standard InChI is InChI=1S/C9H18O2.CH4O/c1-4-5-6-8(7(2)3)9(10)11;1-2/h7-8H,4-6H2,1-3H3,(H,10,11);2H,1H3/t8-;/m1./s1. The van der Waals surface area contributed by atoms with E-state index in [1.807, 2.05) is 13.8 Å². The van der Waals surface area contributed by atoms with E-state index in [4.69, 9.17) is 10.2 Å². The number of aliphatic hydroxyl groups excluding tert-OH is 1. The predicted molar refractivity (Wildman–Crippen MR) is 53.6 cm³/mol. The number of hydrogen-bond donors (Lipinski definition) is 2. The maximum absolute atomic E-state index is 10.6. The molecule has 0 aliphatic heterocycles. The smallest absolute Gasteiger partial charge is 0.306 e. The molecule has 0 aromatic carbocycles. The van der Waals surface area contributed by atoms with Crippen LogP contribution in [0.4, 0.5) is 0 Å². The Morgan fingerprint density at radius 3 is 2.00 bits per heavy atom. The first-order valence-corrected chi connectivity index (χ1v) is 4.77. The minimum atomic E-state index is -0.645. The van der Waals surface area contributed by atoms with Crippen molar-refractivity contribution in [1.82, 2.24) is 0 Å². The van der Waals surface area contributed by atoms with E-state index in [-0.39, 0.29) is 11.8 Å². The van der Waals surface area contributed by atoms with Gasteiger partial charge in [-0.3, -0.25) is 4.79 Å². The molecule has 0 rings (SSSR count). The van der Waals surface area contributed by atoms with Gasteiger partial charge in [0, 0.05) is 7.11 Å². The molecule has 2 N–H and O–H groups in total. The fourth-order valence-electron chi connectivity index (χ4n) is 1.17. The lowest BCUT2D eigenvalue weighted by atomic mass is 9.91. The molecule has 0 fully saturated rings. The lowest BCUT2D eigenvalue weighted by molar-refractivity contribution is -0.143. The Labute approximate surface area is 80.8 Å². The van der Waals surface area contributed by atoms with Crippen molar-refractivity contribution in [3.63, 3.8) is 0 Å². The summed E-state index contributed by atoms with van der Waals surface area (Å²) in [7, 11) is 1.00. The number of carboxylic acid groups (broad SMARTS) is 1. The first kappa shape index (κ1) is 14.9. The second kappa shape index (κ2) is 9.52. The molecule has 13 heavy (non-hydrogen) atoms. The summed E-state index contributed by atoms with van der Waals surface area (Å²) in [5.41, 5.74) is 0. The Balaban J connectivity index is 0. The van der Waals surface area contributed by atoms with Gasteiger partial charge in [-0.05, 0) is 12.3 Å². The minimum absolute atomic E-state index is 0.144. The van der Waals surface area contributed by atoms with Gasteiger partial charge in [0.2, 0.25) is 0 Å². The molecule has 0 heterocycles. The number of carboxylic acids is 1.